The average Bonchev–Trinajstić information content (AvgIpc) is 3.28. The average molecular weight is 823 g/mol. The maximum Gasteiger partial charge on any atom is 0.410 e. The van der Waals surface area contributed by atoms with Crippen LogP contribution in [0.4, 0.5) is 4.79 Å². The topological polar surface area (TPSA) is 146 Å². The zero-order valence-corrected chi connectivity index (χ0v) is 34.5. The van der Waals surface area contributed by atoms with Crippen LogP contribution in [0.1, 0.15) is 91.6 Å². The molecule has 1 unspecified atom stereocenters. The number of fused-ring (bicyclic) bond motifs is 2. The number of nitrogens with zero attached hydrogens (tertiary/aromatic N) is 2. The molecule has 1 saturated heterocycles. The van der Waals surface area contributed by atoms with E-state index < -0.39 is 30.1 Å². The molecular weight excluding hydrogens is 765 g/mol. The number of unbranched alkanes of at least 4 members (excludes halogenated alkanes) is 2. The van der Waals surface area contributed by atoms with Gasteiger partial charge in [-0.25, -0.2) is 4.79 Å². The molecule has 1 saturated carbocycles. The summed E-state index contributed by atoms with van der Waals surface area (Å²) in [5, 5.41) is 24.7. The minimum atomic E-state index is -1.43. The van der Waals surface area contributed by atoms with Gasteiger partial charge in [-0.2, -0.15) is 0 Å². The molecule has 0 bridgehead atoms. The van der Waals surface area contributed by atoms with Crippen molar-refractivity contribution in [3.63, 3.8) is 0 Å². The largest absolute Gasteiger partial charge is 0.459 e. The molecule has 1 amide bonds. The van der Waals surface area contributed by atoms with Crippen LogP contribution in [0.2, 0.25) is 0 Å². The van der Waals surface area contributed by atoms with Crippen LogP contribution in [0.25, 0.3) is 0 Å². The number of carbonyl (C=O) groups excluding carboxylic acids is 2. The number of allylic oxidation sites excluding steroid dienone is 1. The number of aldehydes is 1. The van der Waals surface area contributed by atoms with Gasteiger partial charge in [0.2, 0.25) is 12.1 Å². The highest BCUT2D eigenvalue weighted by molar-refractivity contribution is 6.03. The van der Waals surface area contributed by atoms with Crippen LogP contribution in [0.15, 0.2) is 102 Å². The van der Waals surface area contributed by atoms with Crippen LogP contribution >= 0.6 is 0 Å². The number of hydrogen-bond acceptors (Lipinski definition) is 11. The minimum absolute atomic E-state index is 0.0323. The third-order valence-electron chi connectivity index (χ3n) is 12.3. The lowest BCUT2D eigenvalue weighted by atomic mass is 9.55. The first-order chi connectivity index (χ1) is 29.4. The number of ether oxygens (including phenoxy) is 5. The van der Waals surface area contributed by atoms with E-state index in [2.05, 4.69) is 12.7 Å². The van der Waals surface area contributed by atoms with Gasteiger partial charge in [-0.1, -0.05) is 72.6 Å². The Labute approximate surface area is 352 Å². The number of hydrogen-bond donors (Lipinski definition) is 2. The second-order valence-corrected chi connectivity index (χ2v) is 16.1. The van der Waals surface area contributed by atoms with Crippen LogP contribution in [0.3, 0.4) is 0 Å². The molecule has 7 rings (SSSR count). The summed E-state index contributed by atoms with van der Waals surface area (Å²) in [5.74, 6) is -0.379. The lowest BCUT2D eigenvalue weighted by Crippen LogP contribution is -2.69. The quantitative estimate of drug-likeness (QED) is 0.0521. The van der Waals surface area contributed by atoms with E-state index in [-0.39, 0.29) is 50.6 Å². The first kappa shape index (κ1) is 43.1. The molecule has 320 valence electrons. The summed E-state index contributed by atoms with van der Waals surface area (Å²) in [7, 11) is 1.71. The minimum Gasteiger partial charge on any atom is -0.459 e. The number of benzene rings is 3. The van der Waals surface area contributed by atoms with Gasteiger partial charge in [-0.15, -0.1) is 6.58 Å². The molecule has 7 atom stereocenters. The van der Waals surface area contributed by atoms with Crippen LogP contribution < -0.4 is 9.47 Å². The van der Waals surface area contributed by atoms with Crippen molar-refractivity contribution in [1.82, 2.24) is 4.90 Å². The Bertz CT molecular complexity index is 1980. The number of aliphatic hydroxyl groups excluding tert-OH is 2. The van der Waals surface area contributed by atoms with E-state index in [9.17, 15) is 19.8 Å². The Balaban J connectivity index is 1.38. The van der Waals surface area contributed by atoms with E-state index in [1.165, 1.54) is 0 Å². The molecule has 12 nitrogen and oxygen atoms in total. The van der Waals surface area contributed by atoms with E-state index in [4.69, 9.17) is 33.7 Å². The van der Waals surface area contributed by atoms with E-state index in [1.54, 1.807) is 36.2 Å². The van der Waals surface area contributed by atoms with Crippen LogP contribution in [0.5, 0.6) is 17.2 Å². The molecular formula is C48H58N2O10. The Kier molecular flexibility index (Phi) is 14.7. The van der Waals surface area contributed by atoms with Gasteiger partial charge in [-0.3, -0.25) is 4.79 Å². The van der Waals surface area contributed by atoms with Crippen LogP contribution in [-0.2, 0) is 25.7 Å². The zero-order chi connectivity index (χ0) is 41.9. The Morgan fingerprint density at radius 3 is 2.53 bits per heavy atom. The first-order valence-electron chi connectivity index (χ1n) is 21.4. The summed E-state index contributed by atoms with van der Waals surface area (Å²) < 4.78 is 32.5. The van der Waals surface area contributed by atoms with Crippen molar-refractivity contribution in [1.29, 1.82) is 0 Å². The van der Waals surface area contributed by atoms with E-state index >= 15 is 0 Å². The molecule has 2 aliphatic carbocycles. The molecule has 3 aromatic carbocycles. The number of carbonyl (C=O) groups is 2. The molecule has 0 aromatic heterocycles. The van der Waals surface area contributed by atoms with Gasteiger partial charge in [0, 0.05) is 50.1 Å². The van der Waals surface area contributed by atoms with Crippen molar-refractivity contribution in [2.24, 2.45) is 22.9 Å². The van der Waals surface area contributed by atoms with Gasteiger partial charge in [-0.05, 0) is 91.8 Å². The molecule has 12 heteroatoms. The lowest BCUT2D eigenvalue weighted by molar-refractivity contribution is -0.254. The summed E-state index contributed by atoms with van der Waals surface area (Å²) in [6.45, 7) is 5.00. The molecule has 2 heterocycles. The normalized spacial score (nSPS) is 26.1. The molecule has 2 N–H and O–H groups in total. The third kappa shape index (κ3) is 9.62. The van der Waals surface area contributed by atoms with Gasteiger partial charge in [0.05, 0.1) is 24.8 Å². The van der Waals surface area contributed by atoms with Crippen molar-refractivity contribution >= 4 is 18.1 Å². The number of oxime groups is 1. The molecule has 2 aliphatic heterocycles. The van der Waals surface area contributed by atoms with Crippen molar-refractivity contribution in [3.05, 3.63) is 114 Å². The predicted octanol–water partition coefficient (Wildman–Crippen LogP) is 8.72. The van der Waals surface area contributed by atoms with Gasteiger partial charge < -0.3 is 43.6 Å². The smallest absolute Gasteiger partial charge is 0.410 e. The highest BCUT2D eigenvalue weighted by atomic mass is 16.8. The predicted molar refractivity (Wildman–Crippen MR) is 226 cm³/mol. The summed E-state index contributed by atoms with van der Waals surface area (Å²) in [6.07, 6.45) is 11.2. The fraction of sp³-hybridized carbons (Fsp3) is 0.479. The Morgan fingerprint density at radius 2 is 1.78 bits per heavy atom. The van der Waals surface area contributed by atoms with Gasteiger partial charge in [0.15, 0.2) is 0 Å². The van der Waals surface area contributed by atoms with Gasteiger partial charge in [0.1, 0.15) is 36.2 Å². The molecule has 2 fully saturated rings. The van der Waals surface area contributed by atoms with Crippen molar-refractivity contribution in [2.75, 3.05) is 33.5 Å². The van der Waals surface area contributed by atoms with E-state index in [0.29, 0.717) is 48.0 Å². The lowest BCUT2D eigenvalue weighted by Gasteiger charge is -2.59. The SMILES string of the molecule is C=CCO[C@@]12Oc3ccc(Oc4cccc(C=O)c4)cc3[C@H]3[C@H](CCCCO)[C@@H](CCCCO)C=C(C(=NOC4CCCCO4)C[C@@H]1N(C)C(=O)OCc1ccccc1)[C@H]32. The first-order valence-corrected chi connectivity index (χ1v) is 21.4. The number of rotatable bonds is 19. The summed E-state index contributed by atoms with van der Waals surface area (Å²) in [5.41, 5.74) is 3.88. The van der Waals surface area contributed by atoms with Crippen LogP contribution in [-0.4, -0.2) is 84.8 Å². The highest BCUT2D eigenvalue weighted by Crippen LogP contribution is 2.62. The van der Waals surface area contributed by atoms with Gasteiger partial charge in [0.25, 0.3) is 0 Å². The van der Waals surface area contributed by atoms with E-state index in [0.717, 1.165) is 67.9 Å². The van der Waals surface area contributed by atoms with Gasteiger partial charge >= 0.3 is 6.09 Å². The Hall–Kier alpha value is -5.01. The molecule has 60 heavy (non-hydrogen) atoms. The fourth-order valence-electron chi connectivity index (χ4n) is 9.44. The fourth-order valence-corrected chi connectivity index (χ4v) is 9.44. The second-order valence-electron chi connectivity index (χ2n) is 16.1. The molecule has 4 aliphatic rings. The third-order valence-corrected chi connectivity index (χ3v) is 12.3. The van der Waals surface area contributed by atoms with E-state index in [1.807, 2.05) is 54.6 Å². The number of aliphatic hydroxyl groups is 2. The maximum atomic E-state index is 14.2. The summed E-state index contributed by atoms with van der Waals surface area (Å²) in [4.78, 5) is 33.6. The van der Waals surface area contributed by atoms with Crippen LogP contribution in [0, 0.1) is 17.8 Å². The number of likely N-dealkylation sites (N-methyl/N-ethyl adjacent to an activating group) is 1. The molecule has 0 spiro atoms. The number of amides is 1. The standard InChI is InChI=1S/C48H58N2O10/c1-3-25-57-48-43(50(2)47(54)56-32-33-14-5-4-6-15-33)30-41(49-60-44-20-9-12-26-55-44)39-28-35(17-7-10-23-51)38(19-8-11-24-52)45(46(39)48)40-29-37(21-22-42(40)59-48)58-36-18-13-16-34(27-36)31-53/h3-6,13-16,18,21-22,27-29,31,35,38,43-46,51-52H,1,7-12,17,19-20,23-26,30,32H2,2H3/t35-,38+,43-,44?,45+,46+,48+/m0/s1. The highest BCUT2D eigenvalue weighted by Gasteiger charge is 2.65. The monoisotopic (exact) mass is 822 g/mol. The van der Waals surface area contributed by atoms with Crippen molar-refractivity contribution < 1.29 is 48.3 Å². The molecule has 0 radical (unpaired) electrons. The molecule has 3 aromatic rings. The zero-order valence-electron chi connectivity index (χ0n) is 34.5. The maximum absolute atomic E-state index is 14.2. The summed E-state index contributed by atoms with van der Waals surface area (Å²) in [6, 6.07) is 21.6. The Morgan fingerprint density at radius 1 is 0.983 bits per heavy atom. The van der Waals surface area contributed by atoms with Crippen molar-refractivity contribution in [3.8, 4) is 17.2 Å². The van der Waals surface area contributed by atoms with Crippen molar-refractivity contribution in [2.45, 2.75) is 94.9 Å². The second kappa shape index (κ2) is 20.5. The summed E-state index contributed by atoms with van der Waals surface area (Å²) >= 11 is 0.